The molecule has 1 aromatic rings. The van der Waals surface area contributed by atoms with E-state index in [9.17, 15) is 0 Å². The molecule has 1 aliphatic heterocycles. The van der Waals surface area contributed by atoms with Crippen LogP contribution in [0.25, 0.3) is 0 Å². The van der Waals surface area contributed by atoms with Gasteiger partial charge < -0.3 is 10.5 Å². The van der Waals surface area contributed by atoms with E-state index in [2.05, 4.69) is 36.2 Å². The zero-order valence-corrected chi connectivity index (χ0v) is 9.60. The summed E-state index contributed by atoms with van der Waals surface area (Å²) in [5, 5.41) is 0. The molecule has 16 heavy (non-hydrogen) atoms. The molecule has 3 nitrogen and oxygen atoms in total. The van der Waals surface area contributed by atoms with Gasteiger partial charge in [-0.2, -0.15) is 0 Å². The van der Waals surface area contributed by atoms with Crippen LogP contribution in [0.2, 0.25) is 0 Å². The summed E-state index contributed by atoms with van der Waals surface area (Å²) in [6.07, 6.45) is 2.13. The minimum absolute atomic E-state index is 0.249. The third-order valence-electron chi connectivity index (χ3n) is 2.83. The molecule has 2 rings (SSSR count). The van der Waals surface area contributed by atoms with E-state index in [0.717, 1.165) is 12.8 Å². The van der Waals surface area contributed by atoms with Crippen molar-refractivity contribution in [1.82, 2.24) is 0 Å². The highest BCUT2D eigenvalue weighted by molar-refractivity contribution is 5.72. The first-order valence-electron chi connectivity index (χ1n) is 5.74. The Balaban J connectivity index is 1.83. The lowest BCUT2D eigenvalue weighted by Gasteiger charge is -2.13. The topological polar surface area (TPSA) is 47.6 Å². The highest BCUT2D eigenvalue weighted by atomic mass is 16.5. The van der Waals surface area contributed by atoms with Crippen molar-refractivity contribution in [1.29, 1.82) is 0 Å². The van der Waals surface area contributed by atoms with Crippen molar-refractivity contribution in [2.24, 2.45) is 16.6 Å². The van der Waals surface area contributed by atoms with Crippen LogP contribution in [-0.2, 0) is 11.2 Å². The summed E-state index contributed by atoms with van der Waals surface area (Å²) >= 11 is 0. The highest BCUT2D eigenvalue weighted by Gasteiger charge is 2.19. The lowest BCUT2D eigenvalue weighted by Crippen LogP contribution is -2.13. The smallest absolute Gasteiger partial charge is 0.282 e. The Bertz CT molecular complexity index is 361. The minimum Gasteiger partial charge on any atom is -0.463 e. The lowest BCUT2D eigenvalue weighted by molar-refractivity contribution is 0.294. The SMILES string of the molecule is CC(Cc1ccccc1)CC1COC(N)=N1. The largest absolute Gasteiger partial charge is 0.463 e. The normalized spacial score (nSPS) is 21.3. The van der Waals surface area contributed by atoms with E-state index in [0.29, 0.717) is 18.5 Å². The summed E-state index contributed by atoms with van der Waals surface area (Å²) in [5.74, 6) is 0.602. The van der Waals surface area contributed by atoms with Crippen LogP contribution in [0.3, 0.4) is 0 Å². The van der Waals surface area contributed by atoms with Gasteiger partial charge >= 0.3 is 0 Å². The van der Waals surface area contributed by atoms with Gasteiger partial charge in [-0.25, -0.2) is 4.99 Å². The Kier molecular flexibility index (Phi) is 3.44. The first-order chi connectivity index (χ1) is 7.74. The molecule has 86 valence electrons. The summed E-state index contributed by atoms with van der Waals surface area (Å²) < 4.78 is 5.14. The predicted octanol–water partition coefficient (Wildman–Crippen LogP) is 1.97. The maximum absolute atomic E-state index is 5.48. The third kappa shape index (κ3) is 2.99. The van der Waals surface area contributed by atoms with Crippen molar-refractivity contribution < 1.29 is 4.74 Å². The van der Waals surface area contributed by atoms with Crippen molar-refractivity contribution in [3.63, 3.8) is 0 Å². The van der Waals surface area contributed by atoms with Crippen LogP contribution in [0.5, 0.6) is 0 Å². The second-order valence-electron chi connectivity index (χ2n) is 4.46. The maximum Gasteiger partial charge on any atom is 0.282 e. The quantitative estimate of drug-likeness (QED) is 0.840. The Morgan fingerprint density at radius 3 is 2.81 bits per heavy atom. The van der Waals surface area contributed by atoms with Crippen LogP contribution in [0.15, 0.2) is 35.3 Å². The van der Waals surface area contributed by atoms with E-state index in [4.69, 9.17) is 10.5 Å². The number of benzene rings is 1. The molecule has 0 amide bonds. The molecule has 0 fully saturated rings. The number of amidine groups is 1. The summed E-state index contributed by atoms with van der Waals surface area (Å²) in [6.45, 7) is 2.89. The van der Waals surface area contributed by atoms with Gasteiger partial charge in [-0.3, -0.25) is 0 Å². The van der Waals surface area contributed by atoms with Crippen molar-refractivity contribution >= 4 is 6.02 Å². The number of ether oxygens (including phenoxy) is 1. The molecule has 2 unspecified atom stereocenters. The molecule has 0 aromatic heterocycles. The average molecular weight is 218 g/mol. The summed E-state index contributed by atoms with van der Waals surface area (Å²) in [4.78, 5) is 4.24. The van der Waals surface area contributed by atoms with Crippen molar-refractivity contribution in [2.75, 3.05) is 6.61 Å². The molecular formula is C13H18N2O. The number of nitrogens with zero attached hydrogens (tertiary/aromatic N) is 1. The highest BCUT2D eigenvalue weighted by Crippen LogP contribution is 2.17. The summed E-state index contributed by atoms with van der Waals surface area (Å²) in [5.41, 5.74) is 6.86. The van der Waals surface area contributed by atoms with Crippen molar-refractivity contribution in [3.05, 3.63) is 35.9 Å². The maximum atomic E-state index is 5.48. The van der Waals surface area contributed by atoms with E-state index in [1.54, 1.807) is 0 Å². The molecule has 0 aliphatic carbocycles. The fourth-order valence-electron chi connectivity index (χ4n) is 2.12. The van der Waals surface area contributed by atoms with Crippen LogP contribution in [0.1, 0.15) is 18.9 Å². The Labute approximate surface area is 96.3 Å². The fraction of sp³-hybridized carbons (Fsp3) is 0.462. The molecule has 0 spiro atoms. The summed E-state index contributed by atoms with van der Waals surface area (Å²) in [7, 11) is 0. The number of hydrogen-bond donors (Lipinski definition) is 1. The Hall–Kier alpha value is -1.51. The first kappa shape index (κ1) is 11.0. The van der Waals surface area contributed by atoms with Crippen LogP contribution in [0, 0.1) is 5.92 Å². The molecular weight excluding hydrogens is 200 g/mol. The van der Waals surface area contributed by atoms with E-state index in [1.807, 2.05) is 6.07 Å². The second kappa shape index (κ2) is 5.01. The van der Waals surface area contributed by atoms with E-state index >= 15 is 0 Å². The number of hydrogen-bond acceptors (Lipinski definition) is 3. The van der Waals surface area contributed by atoms with Gasteiger partial charge in [0.2, 0.25) is 0 Å². The van der Waals surface area contributed by atoms with Gasteiger partial charge in [0.1, 0.15) is 6.61 Å². The zero-order valence-electron chi connectivity index (χ0n) is 9.60. The van der Waals surface area contributed by atoms with Gasteiger partial charge in [0.05, 0.1) is 6.04 Å². The Morgan fingerprint density at radius 2 is 2.19 bits per heavy atom. The van der Waals surface area contributed by atoms with Crippen molar-refractivity contribution in [3.8, 4) is 0 Å². The Morgan fingerprint density at radius 1 is 1.44 bits per heavy atom. The van der Waals surface area contributed by atoms with Gasteiger partial charge in [0, 0.05) is 0 Å². The minimum atomic E-state index is 0.249. The van der Waals surface area contributed by atoms with Gasteiger partial charge in [0.15, 0.2) is 0 Å². The molecule has 1 aliphatic rings. The summed E-state index contributed by atoms with van der Waals surface area (Å²) in [6, 6.07) is 11.1. The number of nitrogens with two attached hydrogens (primary N) is 1. The van der Waals surface area contributed by atoms with E-state index in [-0.39, 0.29) is 6.04 Å². The van der Waals surface area contributed by atoms with Gasteiger partial charge in [-0.1, -0.05) is 37.3 Å². The fourth-order valence-corrected chi connectivity index (χ4v) is 2.12. The average Bonchev–Trinajstić information content (AvgIpc) is 2.65. The molecule has 0 bridgehead atoms. The predicted molar refractivity (Wildman–Crippen MR) is 65.3 cm³/mol. The van der Waals surface area contributed by atoms with Crippen LogP contribution >= 0.6 is 0 Å². The van der Waals surface area contributed by atoms with Crippen LogP contribution in [-0.4, -0.2) is 18.7 Å². The van der Waals surface area contributed by atoms with Gasteiger partial charge in [-0.05, 0) is 24.3 Å². The molecule has 1 aromatic carbocycles. The molecule has 2 N–H and O–H groups in total. The zero-order chi connectivity index (χ0) is 11.4. The number of aliphatic imine (C=N–C) groups is 1. The monoisotopic (exact) mass is 218 g/mol. The standard InChI is InChI=1S/C13H18N2O/c1-10(7-11-5-3-2-4-6-11)8-12-9-16-13(14)15-12/h2-6,10,12H,7-9H2,1H3,(H2,14,15). The molecule has 1 heterocycles. The molecule has 0 saturated heterocycles. The number of rotatable bonds is 4. The second-order valence-corrected chi connectivity index (χ2v) is 4.46. The van der Waals surface area contributed by atoms with Crippen LogP contribution < -0.4 is 5.73 Å². The lowest BCUT2D eigenvalue weighted by atomic mass is 9.95. The first-order valence-corrected chi connectivity index (χ1v) is 5.74. The van der Waals surface area contributed by atoms with E-state index < -0.39 is 0 Å². The molecule has 0 saturated carbocycles. The third-order valence-corrected chi connectivity index (χ3v) is 2.83. The van der Waals surface area contributed by atoms with Crippen molar-refractivity contribution in [2.45, 2.75) is 25.8 Å². The molecule has 2 atom stereocenters. The van der Waals surface area contributed by atoms with Gasteiger partial charge in [-0.15, -0.1) is 0 Å². The van der Waals surface area contributed by atoms with Crippen LogP contribution in [0.4, 0.5) is 0 Å². The van der Waals surface area contributed by atoms with E-state index in [1.165, 1.54) is 5.56 Å². The molecule has 3 heteroatoms. The van der Waals surface area contributed by atoms with Gasteiger partial charge in [0.25, 0.3) is 6.02 Å². The molecule has 0 radical (unpaired) electrons.